The molecule has 0 unspecified atom stereocenters. The molecular formula is C66H69N3O. The van der Waals surface area contributed by atoms with Crippen LogP contribution in [0.5, 0.6) is 5.75 Å². The summed E-state index contributed by atoms with van der Waals surface area (Å²) in [5, 5.41) is 12.8. The maximum Gasteiger partial charge on any atom is 0.149 e. The molecule has 0 radical (unpaired) electrons. The number of hydrogen-bond acceptors (Lipinski definition) is 3. The van der Waals surface area contributed by atoms with Gasteiger partial charge in [0.15, 0.2) is 0 Å². The van der Waals surface area contributed by atoms with Crippen LogP contribution in [0.4, 0.5) is 0 Å². The first-order valence-electron chi connectivity index (χ1n) is 26.1. The third-order valence-corrected chi connectivity index (χ3v) is 13.8. The number of aromatic hydroxyl groups is 1. The summed E-state index contributed by atoms with van der Waals surface area (Å²) in [6.07, 6.45) is 1.89. The van der Waals surface area contributed by atoms with Gasteiger partial charge >= 0.3 is 0 Å². The number of fused-ring (bicyclic) bond motifs is 1. The molecule has 0 aliphatic heterocycles. The zero-order valence-corrected chi connectivity index (χ0v) is 43.3. The number of rotatable bonds is 7. The normalized spacial score (nSPS) is 13.3. The fourth-order valence-corrected chi connectivity index (χ4v) is 9.46. The molecule has 0 spiro atoms. The monoisotopic (exact) mass is 923 g/mol. The third kappa shape index (κ3) is 9.37. The Bertz CT molecular complexity index is 3520. The van der Waals surface area contributed by atoms with Crippen molar-refractivity contribution < 1.29 is 9.22 Å². The van der Waals surface area contributed by atoms with Crippen LogP contribution in [-0.2, 0) is 21.7 Å². The zero-order valence-electron chi connectivity index (χ0n) is 46.3. The molecule has 0 atom stereocenters. The van der Waals surface area contributed by atoms with Gasteiger partial charge in [-0.15, -0.1) is 0 Å². The second-order valence-electron chi connectivity index (χ2n) is 23.3. The molecule has 0 amide bonds. The fourth-order valence-electron chi connectivity index (χ4n) is 9.46. The van der Waals surface area contributed by atoms with Gasteiger partial charge in [0, 0.05) is 32.6 Å². The fraction of sp³-hybridized carbons (Fsp3) is 0.273. The molecule has 0 aliphatic carbocycles. The second kappa shape index (κ2) is 17.7. The van der Waals surface area contributed by atoms with Gasteiger partial charge in [-0.1, -0.05) is 192 Å². The van der Waals surface area contributed by atoms with Gasteiger partial charge < -0.3 is 5.11 Å². The highest BCUT2D eigenvalue weighted by molar-refractivity contribution is 5.98. The van der Waals surface area contributed by atoms with Crippen molar-refractivity contribution in [2.24, 2.45) is 0 Å². The van der Waals surface area contributed by atoms with Gasteiger partial charge in [0.2, 0.25) is 0 Å². The summed E-state index contributed by atoms with van der Waals surface area (Å²) in [5.41, 5.74) is 16.5. The van der Waals surface area contributed by atoms with E-state index in [1.165, 1.54) is 11.1 Å². The average molecular weight is 923 g/mol. The summed E-state index contributed by atoms with van der Waals surface area (Å²) >= 11 is 0. The Morgan fingerprint density at radius 3 is 1.74 bits per heavy atom. The minimum Gasteiger partial charge on any atom is -0.507 e. The minimum atomic E-state index is -2.44. The van der Waals surface area contributed by atoms with E-state index < -0.39 is 12.3 Å². The molecule has 1 N–H and O–H groups in total. The van der Waals surface area contributed by atoms with E-state index >= 15 is 0 Å². The van der Waals surface area contributed by atoms with Crippen molar-refractivity contribution in [3.8, 4) is 78.6 Å². The number of phenols is 1. The smallest absolute Gasteiger partial charge is 0.149 e. The van der Waals surface area contributed by atoms with E-state index in [4.69, 9.17) is 14.1 Å². The van der Waals surface area contributed by atoms with Crippen LogP contribution in [-0.4, -0.2) is 19.6 Å². The topological polar surface area (TPSA) is 50.9 Å². The van der Waals surface area contributed by atoms with Crippen LogP contribution >= 0.6 is 0 Å². The van der Waals surface area contributed by atoms with Gasteiger partial charge in [0.25, 0.3) is 0 Å². The Morgan fingerprint density at radius 2 is 1.10 bits per heavy atom. The van der Waals surface area contributed by atoms with Gasteiger partial charge in [-0.25, -0.2) is 4.98 Å². The van der Waals surface area contributed by atoms with E-state index in [1.54, 1.807) is 0 Å². The second-order valence-corrected chi connectivity index (χ2v) is 23.3. The molecule has 9 rings (SSSR count). The number of pyridine rings is 1. The molecule has 4 nitrogen and oxygen atoms in total. The Morgan fingerprint density at radius 1 is 0.471 bits per heavy atom. The summed E-state index contributed by atoms with van der Waals surface area (Å²) in [7, 11) is 0. The lowest BCUT2D eigenvalue weighted by Crippen LogP contribution is -2.17. The van der Waals surface area contributed by atoms with Crippen LogP contribution in [0.15, 0.2) is 158 Å². The van der Waals surface area contributed by atoms with E-state index in [0.29, 0.717) is 17.0 Å². The number of phenolic OH excluding ortho intramolecular Hbond substituents is 1. The van der Waals surface area contributed by atoms with Crippen molar-refractivity contribution in [2.45, 2.75) is 119 Å². The number of benzene rings is 7. The lowest BCUT2D eigenvalue weighted by molar-refractivity contribution is 0.446. The Balaban J connectivity index is 1.42. The van der Waals surface area contributed by atoms with Crippen LogP contribution in [0.1, 0.15) is 121 Å². The van der Waals surface area contributed by atoms with Crippen molar-refractivity contribution in [1.29, 1.82) is 0 Å². The number of para-hydroxylation sites is 1. The molecular weight excluding hydrogens is 851 g/mol. The molecule has 2 heterocycles. The summed E-state index contributed by atoms with van der Waals surface area (Å²) in [6, 6.07) is 52.3. The van der Waals surface area contributed by atoms with Crippen LogP contribution in [0, 0.1) is 13.8 Å². The SMILES string of the molecule is [2H]C([2H])([2H])c1cc(-c2ccc(C(C)(C)C)cc2)c(-n2c(-c3cc(C(C)(C)C)cc(C(C)(C)C)c3O)nc3c(-c4cc(-c5cc(-c6ccc(C)cc6)ccn5)cc(C(C)(C)C)c4)cccc32)cc1-c1ccccc1. The summed E-state index contributed by atoms with van der Waals surface area (Å²) < 4.78 is 29.1. The molecule has 354 valence electrons. The average Bonchev–Trinajstić information content (AvgIpc) is 3.72. The van der Waals surface area contributed by atoms with Gasteiger partial charge in [-0.05, 0) is 140 Å². The first kappa shape index (κ1) is 44.2. The molecule has 4 heteroatoms. The summed E-state index contributed by atoms with van der Waals surface area (Å²) in [6.45, 7) is 25.9. The molecule has 0 saturated heterocycles. The standard InChI is InChI=1S/C66H69N3O/c1-41-23-25-43(26-24-41)46-31-32-67-57(37-46)48-34-47(35-50(36-48)64(6,7)8)52-21-18-22-58-60(52)68-62(55-38-51(65(9,10)11)39-56(61(55)70)66(12,13)14)69(58)59-40-53(44-19-16-15-17-20-44)42(2)33-54(59)45-27-29-49(30-28-45)63(3,4)5/h15-40,70H,1-14H3/i2D3. The number of nitrogens with zero attached hydrogens (tertiary/aromatic N) is 3. The first-order chi connectivity index (χ1) is 34.2. The number of imidazole rings is 1. The van der Waals surface area contributed by atoms with E-state index in [1.807, 2.05) is 48.7 Å². The maximum absolute atomic E-state index is 12.8. The van der Waals surface area contributed by atoms with Crippen molar-refractivity contribution in [1.82, 2.24) is 14.5 Å². The molecule has 70 heavy (non-hydrogen) atoms. The van der Waals surface area contributed by atoms with Crippen LogP contribution in [0.2, 0.25) is 0 Å². The molecule has 0 aliphatic rings. The quantitative estimate of drug-likeness (QED) is 0.173. The highest BCUT2D eigenvalue weighted by Gasteiger charge is 2.30. The molecule has 9 aromatic rings. The number of aryl methyl sites for hydroxylation is 2. The lowest BCUT2D eigenvalue weighted by Gasteiger charge is -2.28. The van der Waals surface area contributed by atoms with E-state index in [0.717, 1.165) is 83.6 Å². The first-order valence-corrected chi connectivity index (χ1v) is 24.6. The maximum atomic E-state index is 12.8. The van der Waals surface area contributed by atoms with Gasteiger partial charge in [-0.3, -0.25) is 9.55 Å². The Hall–Kier alpha value is -7.04. The Kier molecular flexibility index (Phi) is 11.2. The van der Waals surface area contributed by atoms with E-state index in [9.17, 15) is 5.11 Å². The summed E-state index contributed by atoms with van der Waals surface area (Å²) in [4.78, 5) is 10.7. The van der Waals surface area contributed by atoms with Crippen LogP contribution in [0.25, 0.3) is 83.9 Å². The summed E-state index contributed by atoms with van der Waals surface area (Å²) in [5.74, 6) is 0.707. The predicted molar refractivity (Wildman–Crippen MR) is 297 cm³/mol. The van der Waals surface area contributed by atoms with Gasteiger partial charge in [0.1, 0.15) is 11.6 Å². The van der Waals surface area contributed by atoms with E-state index in [-0.39, 0.29) is 27.6 Å². The van der Waals surface area contributed by atoms with Gasteiger partial charge in [0.05, 0.1) is 28.0 Å². The van der Waals surface area contributed by atoms with Gasteiger partial charge in [-0.2, -0.15) is 0 Å². The van der Waals surface area contributed by atoms with Crippen LogP contribution in [0.3, 0.4) is 0 Å². The lowest BCUT2D eigenvalue weighted by atomic mass is 9.79. The van der Waals surface area contributed by atoms with E-state index in [2.05, 4.69) is 204 Å². The van der Waals surface area contributed by atoms with Crippen LogP contribution < -0.4 is 0 Å². The zero-order chi connectivity index (χ0) is 52.6. The highest BCUT2D eigenvalue weighted by Crippen LogP contribution is 2.47. The Labute approximate surface area is 421 Å². The van der Waals surface area contributed by atoms with Crippen molar-refractivity contribution in [3.63, 3.8) is 0 Å². The molecule has 7 aromatic carbocycles. The highest BCUT2D eigenvalue weighted by atomic mass is 16.3. The largest absolute Gasteiger partial charge is 0.507 e. The van der Waals surface area contributed by atoms with Crippen molar-refractivity contribution >= 4 is 11.0 Å². The number of aromatic nitrogens is 3. The van der Waals surface area contributed by atoms with Crippen molar-refractivity contribution in [2.75, 3.05) is 0 Å². The molecule has 2 aromatic heterocycles. The molecule has 0 fully saturated rings. The number of hydrogen-bond donors (Lipinski definition) is 1. The molecule has 0 bridgehead atoms. The van der Waals surface area contributed by atoms with Crippen molar-refractivity contribution in [3.05, 3.63) is 191 Å². The predicted octanol–water partition coefficient (Wildman–Crippen LogP) is 17.9. The molecule has 0 saturated carbocycles. The minimum absolute atomic E-state index is 0.100. The third-order valence-electron chi connectivity index (χ3n) is 13.8.